The second-order valence-electron chi connectivity index (χ2n) is 6.59. The highest BCUT2D eigenvalue weighted by Gasteiger charge is 2.14. The van der Waals surface area contributed by atoms with Crippen LogP contribution in [0.4, 0.5) is 0 Å². The maximum Gasteiger partial charge on any atom is 0.00944 e. The highest BCUT2D eigenvalue weighted by Crippen LogP contribution is 2.33. The van der Waals surface area contributed by atoms with Gasteiger partial charge in [0.1, 0.15) is 0 Å². The zero-order valence-electron chi connectivity index (χ0n) is 13.3. The van der Waals surface area contributed by atoms with Gasteiger partial charge in [0.05, 0.1) is 0 Å². The van der Waals surface area contributed by atoms with Crippen molar-refractivity contribution in [3.8, 4) is 0 Å². The first-order chi connectivity index (χ1) is 9.63. The van der Waals surface area contributed by atoms with E-state index in [2.05, 4.69) is 61.9 Å². The average molecular weight is 292 g/mol. The minimum Gasteiger partial charge on any atom is -0.309 e. The predicted molar refractivity (Wildman–Crippen MR) is 90.6 cm³/mol. The molecule has 1 aliphatic rings. The van der Waals surface area contributed by atoms with Crippen LogP contribution in [0.15, 0.2) is 29.2 Å². The molecule has 0 saturated heterocycles. The van der Waals surface area contributed by atoms with Crippen LogP contribution in [0.5, 0.6) is 0 Å². The molecule has 0 N–H and O–H groups in total. The predicted octanol–water partition coefficient (Wildman–Crippen LogP) is 4.85. The summed E-state index contributed by atoms with van der Waals surface area (Å²) in [7, 11) is 4.31. The highest BCUT2D eigenvalue weighted by atomic mass is 32.2. The lowest BCUT2D eigenvalue weighted by molar-refractivity contribution is 0.338. The fraction of sp³-hybridized carbons (Fsp3) is 0.667. The Morgan fingerprint density at radius 1 is 1.10 bits per heavy atom. The van der Waals surface area contributed by atoms with Crippen LogP contribution in [0.3, 0.4) is 0 Å². The van der Waals surface area contributed by atoms with Crippen molar-refractivity contribution in [1.29, 1.82) is 0 Å². The summed E-state index contributed by atoms with van der Waals surface area (Å²) in [5.41, 5.74) is 1.48. The van der Waals surface area contributed by atoms with E-state index in [9.17, 15) is 0 Å². The Labute approximate surface area is 129 Å². The van der Waals surface area contributed by atoms with Crippen molar-refractivity contribution in [3.63, 3.8) is 0 Å². The summed E-state index contributed by atoms with van der Waals surface area (Å²) in [5, 5.41) is 0.863. The highest BCUT2D eigenvalue weighted by molar-refractivity contribution is 8.00. The van der Waals surface area contributed by atoms with Gasteiger partial charge in [-0.05, 0) is 57.0 Å². The maximum atomic E-state index is 2.34. The van der Waals surface area contributed by atoms with E-state index in [1.165, 1.54) is 55.5 Å². The van der Waals surface area contributed by atoms with Gasteiger partial charge in [-0.15, -0.1) is 11.8 Å². The molecule has 1 fully saturated rings. The molecule has 0 aliphatic heterocycles. The van der Waals surface area contributed by atoms with Crippen molar-refractivity contribution in [1.82, 2.24) is 4.90 Å². The smallest absolute Gasteiger partial charge is 0.00944 e. The van der Waals surface area contributed by atoms with E-state index in [0.29, 0.717) is 0 Å². The van der Waals surface area contributed by atoms with Crippen molar-refractivity contribution >= 4 is 11.8 Å². The molecule has 1 aromatic rings. The Kier molecular flexibility index (Phi) is 6.44. The summed E-state index contributed by atoms with van der Waals surface area (Å²) < 4.78 is 0. The summed E-state index contributed by atoms with van der Waals surface area (Å²) in [5.74, 6) is 0.724. The molecule has 1 aromatic carbocycles. The number of hydrogen-bond acceptors (Lipinski definition) is 2. The summed E-state index contributed by atoms with van der Waals surface area (Å²) >= 11 is 2.09. The van der Waals surface area contributed by atoms with Gasteiger partial charge < -0.3 is 4.90 Å². The van der Waals surface area contributed by atoms with Crippen LogP contribution in [0, 0.1) is 5.92 Å². The molecule has 2 heteroatoms. The minimum atomic E-state index is 0.724. The zero-order chi connectivity index (χ0) is 14.4. The van der Waals surface area contributed by atoms with Gasteiger partial charge in [0, 0.05) is 16.7 Å². The van der Waals surface area contributed by atoms with Crippen LogP contribution in [-0.2, 0) is 6.42 Å². The molecule has 0 amide bonds. The van der Waals surface area contributed by atoms with Gasteiger partial charge in [-0.2, -0.15) is 0 Å². The molecule has 0 radical (unpaired) electrons. The molecule has 0 spiro atoms. The quantitative estimate of drug-likeness (QED) is 0.737. The van der Waals surface area contributed by atoms with Gasteiger partial charge in [0.25, 0.3) is 0 Å². The SMILES string of the molecule is CC(Cc1ccc(SC2CCCCC2)cc1)CN(C)C. The van der Waals surface area contributed by atoms with E-state index in [0.717, 1.165) is 11.2 Å². The maximum absolute atomic E-state index is 2.34. The second-order valence-corrected chi connectivity index (χ2v) is 7.97. The molecule has 2 rings (SSSR count). The largest absolute Gasteiger partial charge is 0.309 e. The number of hydrogen-bond donors (Lipinski definition) is 0. The number of thioether (sulfide) groups is 1. The molecular formula is C18H29NS. The fourth-order valence-electron chi connectivity index (χ4n) is 3.17. The lowest BCUT2D eigenvalue weighted by atomic mass is 10.0. The molecule has 1 saturated carbocycles. The van der Waals surface area contributed by atoms with Gasteiger partial charge in [-0.25, -0.2) is 0 Å². The van der Waals surface area contributed by atoms with Crippen LogP contribution in [0.1, 0.15) is 44.6 Å². The Hall–Kier alpha value is -0.470. The average Bonchev–Trinajstić information content (AvgIpc) is 2.41. The Morgan fingerprint density at radius 2 is 1.75 bits per heavy atom. The van der Waals surface area contributed by atoms with Crippen molar-refractivity contribution in [2.75, 3.05) is 20.6 Å². The molecule has 1 unspecified atom stereocenters. The monoisotopic (exact) mass is 291 g/mol. The van der Waals surface area contributed by atoms with Gasteiger partial charge >= 0.3 is 0 Å². The van der Waals surface area contributed by atoms with Crippen LogP contribution >= 0.6 is 11.8 Å². The van der Waals surface area contributed by atoms with Crippen LogP contribution in [-0.4, -0.2) is 30.8 Å². The van der Waals surface area contributed by atoms with Crippen molar-refractivity contribution in [2.24, 2.45) is 5.92 Å². The first-order valence-corrected chi connectivity index (χ1v) is 8.92. The lowest BCUT2D eigenvalue weighted by Crippen LogP contribution is -2.21. The molecule has 1 atom stereocenters. The van der Waals surface area contributed by atoms with Gasteiger partial charge in [-0.1, -0.05) is 38.3 Å². The Morgan fingerprint density at radius 3 is 2.35 bits per heavy atom. The summed E-state index contributed by atoms with van der Waals surface area (Å²) in [4.78, 5) is 3.73. The fourth-order valence-corrected chi connectivity index (χ4v) is 4.42. The molecule has 0 heterocycles. The zero-order valence-corrected chi connectivity index (χ0v) is 14.1. The normalized spacial score (nSPS) is 18.4. The molecule has 0 bridgehead atoms. The number of rotatable bonds is 6. The number of benzene rings is 1. The van der Waals surface area contributed by atoms with E-state index >= 15 is 0 Å². The third-order valence-corrected chi connectivity index (χ3v) is 5.39. The third-order valence-electron chi connectivity index (χ3n) is 4.04. The summed E-state index contributed by atoms with van der Waals surface area (Å²) in [6, 6.07) is 9.32. The third kappa shape index (κ3) is 5.49. The first kappa shape index (κ1) is 15.9. The van der Waals surface area contributed by atoms with E-state index < -0.39 is 0 Å². The summed E-state index contributed by atoms with van der Waals surface area (Å²) in [6.07, 6.45) is 8.31. The Balaban J connectivity index is 1.82. The van der Waals surface area contributed by atoms with E-state index in [1.54, 1.807) is 0 Å². The van der Waals surface area contributed by atoms with Gasteiger partial charge in [0.2, 0.25) is 0 Å². The number of nitrogens with zero attached hydrogens (tertiary/aromatic N) is 1. The molecule has 20 heavy (non-hydrogen) atoms. The van der Waals surface area contributed by atoms with Crippen molar-refractivity contribution in [2.45, 2.75) is 55.6 Å². The van der Waals surface area contributed by atoms with Crippen LogP contribution in [0.2, 0.25) is 0 Å². The van der Waals surface area contributed by atoms with Crippen molar-refractivity contribution < 1.29 is 0 Å². The Bertz CT molecular complexity index is 379. The minimum absolute atomic E-state index is 0.724. The summed E-state index contributed by atoms with van der Waals surface area (Å²) in [6.45, 7) is 3.50. The molecule has 1 nitrogen and oxygen atoms in total. The van der Waals surface area contributed by atoms with E-state index in [-0.39, 0.29) is 0 Å². The molecule has 1 aliphatic carbocycles. The standard InChI is InChI=1S/C18H29NS/c1-15(14-19(2)3)13-16-9-11-18(12-10-16)20-17-7-5-4-6-8-17/h9-12,15,17H,4-8,13-14H2,1-3H3. The molecule has 0 aromatic heterocycles. The topological polar surface area (TPSA) is 3.24 Å². The van der Waals surface area contributed by atoms with Crippen molar-refractivity contribution in [3.05, 3.63) is 29.8 Å². The van der Waals surface area contributed by atoms with Gasteiger partial charge in [0.15, 0.2) is 0 Å². The van der Waals surface area contributed by atoms with Gasteiger partial charge in [-0.3, -0.25) is 0 Å². The second kappa shape index (κ2) is 8.09. The lowest BCUT2D eigenvalue weighted by Gasteiger charge is -2.21. The molecule has 112 valence electrons. The van der Waals surface area contributed by atoms with Crippen LogP contribution in [0.25, 0.3) is 0 Å². The molecular weight excluding hydrogens is 262 g/mol. The van der Waals surface area contributed by atoms with E-state index in [1.807, 2.05) is 0 Å². The first-order valence-electron chi connectivity index (χ1n) is 8.04. The van der Waals surface area contributed by atoms with E-state index in [4.69, 9.17) is 0 Å². The van der Waals surface area contributed by atoms with Crippen LogP contribution < -0.4 is 0 Å².